The van der Waals surface area contributed by atoms with Gasteiger partial charge < -0.3 is 30.4 Å². The molecule has 8 heteroatoms. The van der Waals surface area contributed by atoms with Crippen molar-refractivity contribution >= 4 is 5.91 Å². The van der Waals surface area contributed by atoms with Gasteiger partial charge >= 0.3 is 0 Å². The number of carbonyl (C=O) groups excluding carboxylic acids is 1. The second kappa shape index (κ2) is 11.8. The van der Waals surface area contributed by atoms with E-state index in [9.17, 15) is 15.0 Å². The van der Waals surface area contributed by atoms with Gasteiger partial charge in [0, 0.05) is 6.42 Å². The highest BCUT2D eigenvalue weighted by molar-refractivity contribution is 5.94. The van der Waals surface area contributed by atoms with Gasteiger partial charge in [-0.05, 0) is 12.3 Å². The smallest absolute Gasteiger partial charge is 0.274 e. The number of ether oxygens (including phenoxy) is 1. The molecule has 28 heavy (non-hydrogen) atoms. The van der Waals surface area contributed by atoms with E-state index in [-0.39, 0.29) is 5.69 Å². The molecular weight excluding hydrogens is 362 g/mol. The number of unbranched alkanes of at least 4 members (excludes halogenated alkanes) is 7. The van der Waals surface area contributed by atoms with Gasteiger partial charge in [0.15, 0.2) is 11.9 Å². The summed E-state index contributed by atoms with van der Waals surface area (Å²) in [4.78, 5) is 19.2. The van der Waals surface area contributed by atoms with Crippen LogP contribution in [0.15, 0.2) is 6.33 Å². The summed E-state index contributed by atoms with van der Waals surface area (Å²) in [5, 5.41) is 31.2. The minimum Gasteiger partial charge on any atom is -0.394 e. The normalized spacial score (nSPS) is 24.0. The third-order valence-corrected chi connectivity index (χ3v) is 4.79. The molecule has 0 aliphatic carbocycles. The highest BCUT2D eigenvalue weighted by atomic mass is 16.6. The zero-order valence-corrected chi connectivity index (χ0v) is 16.4. The minimum atomic E-state index is -1.33. The topological polar surface area (TPSA) is 128 Å². The fourth-order valence-electron chi connectivity index (χ4n) is 3.10. The van der Waals surface area contributed by atoms with Crippen LogP contribution in [0.4, 0.5) is 0 Å². The molecule has 1 aromatic heterocycles. The fourth-order valence-corrected chi connectivity index (χ4v) is 3.10. The first-order chi connectivity index (χ1) is 13.6. The lowest BCUT2D eigenvalue weighted by atomic mass is 10.1. The second-order valence-corrected chi connectivity index (χ2v) is 7.03. The summed E-state index contributed by atoms with van der Waals surface area (Å²) in [5.41, 5.74) is 0.497. The molecule has 8 nitrogen and oxygen atoms in total. The van der Waals surface area contributed by atoms with Gasteiger partial charge in [0.1, 0.15) is 24.0 Å². The van der Waals surface area contributed by atoms with E-state index in [1.165, 1.54) is 38.4 Å². The summed E-state index contributed by atoms with van der Waals surface area (Å²) >= 11 is 0. The van der Waals surface area contributed by atoms with E-state index in [0.717, 1.165) is 19.3 Å². The Kier molecular flexibility index (Phi) is 9.44. The van der Waals surface area contributed by atoms with E-state index in [2.05, 4.69) is 34.0 Å². The molecule has 5 N–H and O–H groups in total. The maximum atomic E-state index is 12.4. The highest BCUT2D eigenvalue weighted by Crippen LogP contribution is 2.19. The van der Waals surface area contributed by atoms with Gasteiger partial charge in [-0.3, -0.25) is 4.79 Å². The Morgan fingerprint density at radius 3 is 2.61 bits per heavy atom. The molecule has 1 aliphatic heterocycles. The van der Waals surface area contributed by atoms with Crippen molar-refractivity contribution in [3.05, 3.63) is 17.7 Å². The Morgan fingerprint density at radius 2 is 1.93 bits per heavy atom. The zero-order chi connectivity index (χ0) is 20.4. The van der Waals surface area contributed by atoms with Crippen LogP contribution in [0, 0.1) is 11.8 Å². The summed E-state index contributed by atoms with van der Waals surface area (Å²) < 4.78 is 5.25. The summed E-state index contributed by atoms with van der Waals surface area (Å²) in [5.74, 6) is 5.41. The Bertz CT molecular complexity index is 666. The van der Waals surface area contributed by atoms with E-state index in [4.69, 9.17) is 9.84 Å². The van der Waals surface area contributed by atoms with Crippen molar-refractivity contribution in [1.82, 2.24) is 15.3 Å². The minimum absolute atomic E-state index is 0.102. The third kappa shape index (κ3) is 6.31. The lowest BCUT2D eigenvalue weighted by Gasteiger charge is -2.15. The van der Waals surface area contributed by atoms with Crippen molar-refractivity contribution < 1.29 is 24.9 Å². The Labute approximate surface area is 165 Å². The average Bonchev–Trinajstić information content (AvgIpc) is 3.26. The predicted octanol–water partition coefficient (Wildman–Crippen LogP) is 1.07. The Balaban J connectivity index is 1.79. The molecule has 4 atom stereocenters. The molecule has 1 aromatic rings. The van der Waals surface area contributed by atoms with Crippen LogP contribution in [0.2, 0.25) is 0 Å². The van der Waals surface area contributed by atoms with Gasteiger partial charge in [-0.1, -0.05) is 51.4 Å². The van der Waals surface area contributed by atoms with E-state index in [1.807, 2.05) is 0 Å². The van der Waals surface area contributed by atoms with Crippen molar-refractivity contribution in [2.45, 2.75) is 82.8 Å². The molecule has 0 bridgehead atoms. The van der Waals surface area contributed by atoms with Gasteiger partial charge in [0.05, 0.1) is 12.9 Å². The first kappa shape index (κ1) is 22.4. The number of nitrogens with zero attached hydrogens (tertiary/aromatic N) is 1. The number of amides is 1. The van der Waals surface area contributed by atoms with Crippen molar-refractivity contribution in [2.24, 2.45) is 0 Å². The number of rotatable bonds is 10. The Hall–Kier alpha value is -1.92. The third-order valence-electron chi connectivity index (χ3n) is 4.79. The van der Waals surface area contributed by atoms with Crippen molar-refractivity contribution in [3.8, 4) is 11.8 Å². The van der Waals surface area contributed by atoms with Gasteiger partial charge in [0.2, 0.25) is 0 Å². The molecule has 2 heterocycles. The quantitative estimate of drug-likeness (QED) is 0.299. The highest BCUT2D eigenvalue weighted by Gasteiger charge is 2.43. The summed E-state index contributed by atoms with van der Waals surface area (Å²) in [6, 6.07) is 0. The van der Waals surface area contributed by atoms with E-state index in [1.54, 1.807) is 0 Å². The van der Waals surface area contributed by atoms with Crippen LogP contribution in [0.25, 0.3) is 0 Å². The molecule has 1 fully saturated rings. The first-order valence-corrected chi connectivity index (χ1v) is 10.0. The summed E-state index contributed by atoms with van der Waals surface area (Å²) in [6.45, 7) is 1.75. The monoisotopic (exact) mass is 393 g/mol. The first-order valence-electron chi connectivity index (χ1n) is 10.0. The maximum absolute atomic E-state index is 12.4. The molecular formula is C20H31N3O5. The van der Waals surface area contributed by atoms with Gasteiger partial charge in [-0.25, -0.2) is 4.98 Å². The number of aromatic nitrogens is 2. The van der Waals surface area contributed by atoms with Crippen LogP contribution in [0.1, 0.15) is 74.5 Å². The van der Waals surface area contributed by atoms with Gasteiger partial charge in [-0.2, -0.15) is 0 Å². The average molecular weight is 393 g/mol. The molecule has 1 amide bonds. The van der Waals surface area contributed by atoms with Crippen LogP contribution < -0.4 is 5.32 Å². The maximum Gasteiger partial charge on any atom is 0.274 e. The van der Waals surface area contributed by atoms with Crippen molar-refractivity contribution in [2.75, 3.05) is 6.61 Å². The molecule has 0 unspecified atom stereocenters. The largest absolute Gasteiger partial charge is 0.394 e. The molecule has 2 rings (SSSR count). The lowest BCUT2D eigenvalue weighted by Crippen LogP contribution is -2.44. The molecule has 0 spiro atoms. The number of carbonyl (C=O) groups is 1. The Morgan fingerprint density at radius 1 is 1.21 bits per heavy atom. The standard InChI is InChI=1S/C20H31N3O5/c1-2-3-4-5-6-7-8-9-10-11-14-16(22-13-21-14)19(27)23-20-18(26)17(25)15(12-24)28-20/h13,15,17-18,20,24-26H,2-9,12H2,1H3,(H,21,22)(H,23,27)/t15-,17-,18-,20-/m1/s1. The molecule has 0 aromatic carbocycles. The summed E-state index contributed by atoms with van der Waals surface area (Å²) in [6.07, 6.45) is 5.99. The number of aromatic amines is 1. The van der Waals surface area contributed by atoms with Crippen LogP contribution in [-0.2, 0) is 4.74 Å². The lowest BCUT2D eigenvalue weighted by molar-refractivity contribution is -0.0305. The summed E-state index contributed by atoms with van der Waals surface area (Å²) in [7, 11) is 0. The number of aliphatic hydroxyl groups is 3. The number of nitrogens with one attached hydrogen (secondary N) is 2. The van der Waals surface area contributed by atoms with Crippen LogP contribution in [0.5, 0.6) is 0 Å². The van der Waals surface area contributed by atoms with Crippen LogP contribution in [0.3, 0.4) is 0 Å². The molecule has 0 saturated carbocycles. The van der Waals surface area contributed by atoms with Crippen LogP contribution >= 0.6 is 0 Å². The number of imidazole rings is 1. The number of H-pyrrole nitrogens is 1. The van der Waals surface area contributed by atoms with Crippen LogP contribution in [-0.4, -0.2) is 62.3 Å². The molecule has 0 radical (unpaired) electrons. The molecule has 156 valence electrons. The molecule has 1 saturated heterocycles. The number of hydrogen-bond donors (Lipinski definition) is 5. The van der Waals surface area contributed by atoms with E-state index in [0.29, 0.717) is 5.69 Å². The van der Waals surface area contributed by atoms with E-state index >= 15 is 0 Å². The predicted molar refractivity (Wildman–Crippen MR) is 103 cm³/mol. The SMILES string of the molecule is CCCCCCCCCC#Cc1[nH]cnc1C(=O)N[C@@H]1O[C@H](CO)[C@@H](O)[C@H]1O. The van der Waals surface area contributed by atoms with Gasteiger partial charge in [0.25, 0.3) is 5.91 Å². The molecule has 1 aliphatic rings. The van der Waals surface area contributed by atoms with E-state index < -0.39 is 37.1 Å². The number of aliphatic hydroxyl groups excluding tert-OH is 3. The van der Waals surface area contributed by atoms with Crippen molar-refractivity contribution in [1.29, 1.82) is 0 Å². The number of hydrogen-bond acceptors (Lipinski definition) is 6. The zero-order valence-electron chi connectivity index (χ0n) is 16.4. The fraction of sp³-hybridized carbons (Fsp3) is 0.700. The second-order valence-electron chi connectivity index (χ2n) is 7.03. The van der Waals surface area contributed by atoms with Gasteiger partial charge in [-0.15, -0.1) is 0 Å². The van der Waals surface area contributed by atoms with Crippen molar-refractivity contribution in [3.63, 3.8) is 0 Å².